The number of hydrogen-bond donors (Lipinski definition) is 2. The lowest BCUT2D eigenvalue weighted by Crippen LogP contribution is -2.13. The van der Waals surface area contributed by atoms with Gasteiger partial charge in [-0.05, 0) is 31.8 Å². The third-order valence-corrected chi connectivity index (χ3v) is 3.91. The van der Waals surface area contributed by atoms with Crippen LogP contribution in [0.5, 0.6) is 0 Å². The van der Waals surface area contributed by atoms with Gasteiger partial charge in [0, 0.05) is 17.6 Å². The van der Waals surface area contributed by atoms with E-state index in [1.54, 1.807) is 5.38 Å². The van der Waals surface area contributed by atoms with Crippen molar-refractivity contribution in [3.05, 3.63) is 47.2 Å². The van der Waals surface area contributed by atoms with E-state index in [0.29, 0.717) is 16.5 Å². The van der Waals surface area contributed by atoms with Gasteiger partial charge < -0.3 is 10.2 Å². The van der Waals surface area contributed by atoms with Crippen LogP contribution in [0.15, 0.2) is 36.0 Å². The minimum atomic E-state index is -0.243. The molecule has 0 aliphatic heterocycles. The third-order valence-electron chi connectivity index (χ3n) is 3.07. The first-order valence-corrected chi connectivity index (χ1v) is 7.86. The monoisotopic (exact) mass is 328 g/mol. The highest BCUT2D eigenvalue weighted by molar-refractivity contribution is 7.13. The van der Waals surface area contributed by atoms with E-state index in [1.807, 2.05) is 38.4 Å². The molecule has 118 valence electrons. The first-order valence-electron chi connectivity index (χ1n) is 6.98. The van der Waals surface area contributed by atoms with E-state index in [9.17, 15) is 4.79 Å². The van der Waals surface area contributed by atoms with Crippen molar-refractivity contribution in [1.29, 1.82) is 0 Å². The molecule has 0 fully saturated rings. The Balaban J connectivity index is 1.67. The van der Waals surface area contributed by atoms with Crippen molar-refractivity contribution in [1.82, 2.24) is 25.1 Å². The van der Waals surface area contributed by atoms with Crippen LogP contribution in [0.4, 0.5) is 5.69 Å². The number of H-pyrrole nitrogens is 1. The number of hydrogen-bond acceptors (Lipinski definition) is 6. The highest BCUT2D eigenvalue weighted by Gasteiger charge is 2.13. The van der Waals surface area contributed by atoms with Crippen molar-refractivity contribution >= 4 is 22.9 Å². The quantitative estimate of drug-likeness (QED) is 0.750. The van der Waals surface area contributed by atoms with Crippen molar-refractivity contribution in [3.8, 4) is 10.8 Å². The number of nitrogens with one attached hydrogen (secondary N) is 2. The molecular formula is C15H16N6OS. The van der Waals surface area contributed by atoms with Gasteiger partial charge in [-0.1, -0.05) is 12.1 Å². The molecule has 0 aliphatic rings. The number of amides is 1. The zero-order chi connectivity index (χ0) is 16.2. The molecule has 0 spiro atoms. The highest BCUT2D eigenvalue weighted by atomic mass is 32.1. The zero-order valence-corrected chi connectivity index (χ0v) is 13.6. The molecule has 0 bridgehead atoms. The summed E-state index contributed by atoms with van der Waals surface area (Å²) in [6.45, 7) is 0.862. The number of nitrogens with zero attached hydrogens (tertiary/aromatic N) is 4. The molecule has 1 aromatic carbocycles. The Hall–Kier alpha value is -2.58. The van der Waals surface area contributed by atoms with E-state index in [0.717, 1.165) is 12.2 Å². The number of carbonyl (C=O) groups excluding carboxylic acids is 1. The number of aromatic amines is 1. The predicted molar refractivity (Wildman–Crippen MR) is 89.3 cm³/mol. The number of thiazole rings is 1. The standard InChI is InChI=1S/C15H16N6OS/c1-21(2)7-10-3-5-11(6-4-10)18-14(22)12-8-23-15(19-12)13-16-9-17-20-13/h3-6,8-9H,7H2,1-2H3,(H,18,22)(H,16,17,20). The highest BCUT2D eigenvalue weighted by Crippen LogP contribution is 2.20. The van der Waals surface area contributed by atoms with Crippen LogP contribution >= 0.6 is 11.3 Å². The largest absolute Gasteiger partial charge is 0.321 e. The predicted octanol–water partition coefficient (Wildman–Crippen LogP) is 2.24. The Morgan fingerprint density at radius 3 is 2.74 bits per heavy atom. The Morgan fingerprint density at radius 2 is 2.09 bits per heavy atom. The summed E-state index contributed by atoms with van der Waals surface area (Å²) >= 11 is 1.34. The summed E-state index contributed by atoms with van der Waals surface area (Å²) < 4.78 is 0. The van der Waals surface area contributed by atoms with Gasteiger partial charge in [-0.3, -0.25) is 9.89 Å². The molecule has 2 heterocycles. The second-order valence-corrected chi connectivity index (χ2v) is 6.12. The van der Waals surface area contributed by atoms with Crippen LogP contribution in [-0.2, 0) is 6.54 Å². The normalized spacial score (nSPS) is 10.9. The van der Waals surface area contributed by atoms with Crippen LogP contribution in [0.2, 0.25) is 0 Å². The summed E-state index contributed by atoms with van der Waals surface area (Å²) in [5.74, 6) is 0.314. The second-order valence-electron chi connectivity index (χ2n) is 5.26. The SMILES string of the molecule is CN(C)Cc1ccc(NC(=O)c2csc(-c3ncn[nH]3)n2)cc1. The number of aromatic nitrogens is 4. The number of rotatable bonds is 5. The number of benzene rings is 1. The molecule has 0 saturated heterocycles. The van der Waals surface area contributed by atoms with Crippen LogP contribution in [-0.4, -0.2) is 45.1 Å². The van der Waals surface area contributed by atoms with Crippen LogP contribution in [0.3, 0.4) is 0 Å². The number of carbonyl (C=O) groups is 1. The summed E-state index contributed by atoms with van der Waals surface area (Å²) in [5.41, 5.74) is 2.29. The Kier molecular flexibility index (Phi) is 4.45. The van der Waals surface area contributed by atoms with Crippen molar-refractivity contribution in [2.75, 3.05) is 19.4 Å². The van der Waals surface area contributed by atoms with Crippen molar-refractivity contribution in [3.63, 3.8) is 0 Å². The maximum Gasteiger partial charge on any atom is 0.275 e. The minimum absolute atomic E-state index is 0.243. The lowest BCUT2D eigenvalue weighted by Gasteiger charge is -2.10. The van der Waals surface area contributed by atoms with Gasteiger partial charge in [0.25, 0.3) is 5.91 Å². The molecule has 0 radical (unpaired) electrons. The maximum absolute atomic E-state index is 12.2. The fraction of sp³-hybridized carbons (Fsp3) is 0.200. The summed E-state index contributed by atoms with van der Waals surface area (Å²) in [6, 6.07) is 7.77. The molecule has 2 aromatic heterocycles. The molecule has 0 saturated carbocycles. The third kappa shape index (κ3) is 3.79. The van der Waals surface area contributed by atoms with E-state index in [-0.39, 0.29) is 5.91 Å². The molecule has 0 unspecified atom stereocenters. The molecular weight excluding hydrogens is 312 g/mol. The maximum atomic E-state index is 12.2. The fourth-order valence-electron chi connectivity index (χ4n) is 2.05. The summed E-state index contributed by atoms with van der Waals surface area (Å²) in [6.07, 6.45) is 1.41. The lowest BCUT2D eigenvalue weighted by molar-refractivity contribution is 0.102. The molecule has 8 heteroatoms. The van der Waals surface area contributed by atoms with Crippen molar-refractivity contribution < 1.29 is 4.79 Å². The van der Waals surface area contributed by atoms with Gasteiger partial charge in [-0.25, -0.2) is 9.97 Å². The first-order chi connectivity index (χ1) is 11.1. The second kappa shape index (κ2) is 6.67. The van der Waals surface area contributed by atoms with Crippen LogP contribution in [0, 0.1) is 0 Å². The van der Waals surface area contributed by atoms with Gasteiger partial charge in [-0.2, -0.15) is 5.10 Å². The Labute approximate surface area is 137 Å². The molecule has 2 N–H and O–H groups in total. The molecule has 1 amide bonds. The van der Waals surface area contributed by atoms with E-state index in [4.69, 9.17) is 0 Å². The first kappa shape index (κ1) is 15.3. The van der Waals surface area contributed by atoms with Crippen molar-refractivity contribution in [2.45, 2.75) is 6.54 Å². The van der Waals surface area contributed by atoms with E-state index < -0.39 is 0 Å². The lowest BCUT2D eigenvalue weighted by atomic mass is 10.2. The summed E-state index contributed by atoms with van der Waals surface area (Å²) in [5, 5.41) is 11.7. The summed E-state index contributed by atoms with van der Waals surface area (Å²) in [7, 11) is 4.04. The zero-order valence-electron chi connectivity index (χ0n) is 12.8. The van der Waals surface area contributed by atoms with E-state index in [1.165, 1.54) is 23.2 Å². The van der Waals surface area contributed by atoms with E-state index >= 15 is 0 Å². The topological polar surface area (TPSA) is 86.8 Å². The van der Waals surface area contributed by atoms with Gasteiger partial charge in [-0.15, -0.1) is 11.3 Å². The van der Waals surface area contributed by atoms with Crippen LogP contribution < -0.4 is 5.32 Å². The molecule has 0 aliphatic carbocycles. The summed E-state index contributed by atoms with van der Waals surface area (Å²) in [4.78, 5) is 22.6. The number of anilines is 1. The minimum Gasteiger partial charge on any atom is -0.321 e. The average Bonchev–Trinajstić information content (AvgIpc) is 3.19. The smallest absolute Gasteiger partial charge is 0.275 e. The molecule has 7 nitrogen and oxygen atoms in total. The van der Waals surface area contributed by atoms with Crippen LogP contribution in [0.25, 0.3) is 10.8 Å². The Bertz CT molecular complexity index is 779. The van der Waals surface area contributed by atoms with Gasteiger partial charge in [0.15, 0.2) is 10.8 Å². The molecule has 0 atom stereocenters. The van der Waals surface area contributed by atoms with Crippen molar-refractivity contribution in [2.24, 2.45) is 0 Å². The van der Waals surface area contributed by atoms with Gasteiger partial charge in [0.2, 0.25) is 0 Å². The van der Waals surface area contributed by atoms with E-state index in [2.05, 4.69) is 30.4 Å². The molecule has 3 aromatic rings. The fourth-order valence-corrected chi connectivity index (χ4v) is 2.79. The molecule has 3 rings (SSSR count). The molecule has 23 heavy (non-hydrogen) atoms. The van der Waals surface area contributed by atoms with Gasteiger partial charge in [0.05, 0.1) is 0 Å². The average molecular weight is 328 g/mol. The van der Waals surface area contributed by atoms with Gasteiger partial charge >= 0.3 is 0 Å². The Morgan fingerprint density at radius 1 is 1.30 bits per heavy atom. The van der Waals surface area contributed by atoms with Gasteiger partial charge in [0.1, 0.15) is 12.0 Å². The van der Waals surface area contributed by atoms with Crippen LogP contribution in [0.1, 0.15) is 16.1 Å².